The molecule has 0 fully saturated rings. The highest BCUT2D eigenvalue weighted by Gasteiger charge is 2.27. The number of nitrogens with one attached hydrogen (secondary N) is 1. The summed E-state index contributed by atoms with van der Waals surface area (Å²) in [5.74, 6) is -0.460. The summed E-state index contributed by atoms with van der Waals surface area (Å²) >= 11 is 0. The number of hydrogen-bond acceptors (Lipinski definition) is 6. The molecule has 4 rings (SSSR count). The fourth-order valence-electron chi connectivity index (χ4n) is 3.74. The van der Waals surface area contributed by atoms with Gasteiger partial charge in [0.2, 0.25) is 0 Å². The molecule has 0 saturated heterocycles. The first-order valence-corrected chi connectivity index (χ1v) is 11.1. The first kappa shape index (κ1) is 23.8. The average Bonchev–Trinajstić information content (AvgIpc) is 2.85. The lowest BCUT2D eigenvalue weighted by atomic mass is 10.0. The maximum Gasteiger partial charge on any atom is 0.408 e. The summed E-state index contributed by atoms with van der Waals surface area (Å²) in [6.07, 6.45) is -0.758. The number of amides is 1. The maximum absolute atomic E-state index is 13.4. The van der Waals surface area contributed by atoms with Crippen molar-refractivity contribution in [3.05, 3.63) is 111 Å². The van der Waals surface area contributed by atoms with Gasteiger partial charge in [0.15, 0.2) is 6.04 Å². The Kier molecular flexibility index (Phi) is 6.96. The van der Waals surface area contributed by atoms with E-state index in [9.17, 15) is 14.4 Å². The molecular formula is C28H25NO6. The van der Waals surface area contributed by atoms with Gasteiger partial charge in [-0.3, -0.25) is 0 Å². The van der Waals surface area contributed by atoms with Crippen LogP contribution in [0, 0.1) is 20.8 Å². The van der Waals surface area contributed by atoms with Gasteiger partial charge in [-0.2, -0.15) is 0 Å². The molecule has 0 aliphatic heterocycles. The molecule has 7 heteroatoms. The summed E-state index contributed by atoms with van der Waals surface area (Å²) in [4.78, 5) is 38.1. The number of carbonyl (C=O) groups excluding carboxylic acids is 2. The van der Waals surface area contributed by atoms with Crippen LogP contribution in [-0.2, 0) is 16.1 Å². The molecule has 0 aliphatic carbocycles. The van der Waals surface area contributed by atoms with Crippen molar-refractivity contribution in [2.24, 2.45) is 0 Å². The highest BCUT2D eigenvalue weighted by molar-refractivity contribution is 5.92. The zero-order valence-electron chi connectivity index (χ0n) is 19.7. The SMILES string of the molecule is Cc1cc(OC(=O)[C@@H](NC(=O)OCc2ccccc2)c2ccccc2)c2c(C)c(C)c(=O)oc2c1. The summed E-state index contributed by atoms with van der Waals surface area (Å²) in [7, 11) is 0. The lowest BCUT2D eigenvalue weighted by molar-refractivity contribution is -0.136. The minimum Gasteiger partial charge on any atom is -0.445 e. The molecule has 3 aromatic carbocycles. The van der Waals surface area contributed by atoms with Crippen LogP contribution in [0.5, 0.6) is 5.75 Å². The predicted molar refractivity (Wildman–Crippen MR) is 131 cm³/mol. The third-order valence-electron chi connectivity index (χ3n) is 5.71. The van der Waals surface area contributed by atoms with Crippen molar-refractivity contribution < 1.29 is 23.5 Å². The first-order valence-electron chi connectivity index (χ1n) is 11.1. The zero-order valence-corrected chi connectivity index (χ0v) is 19.7. The van der Waals surface area contributed by atoms with E-state index in [-0.39, 0.29) is 12.4 Å². The zero-order chi connectivity index (χ0) is 24.9. The summed E-state index contributed by atoms with van der Waals surface area (Å²) in [6, 6.07) is 20.3. The van der Waals surface area contributed by atoms with Crippen LogP contribution in [0.15, 0.2) is 82.0 Å². The molecule has 1 N–H and O–H groups in total. The number of alkyl carbamates (subject to hydrolysis) is 1. The van der Waals surface area contributed by atoms with Crippen molar-refractivity contribution in [2.45, 2.75) is 33.4 Å². The second-order valence-electron chi connectivity index (χ2n) is 8.25. The van der Waals surface area contributed by atoms with E-state index in [1.54, 1.807) is 57.2 Å². The molecule has 4 aromatic rings. The van der Waals surface area contributed by atoms with Gasteiger partial charge in [0.25, 0.3) is 0 Å². The summed E-state index contributed by atoms with van der Waals surface area (Å²) in [6.45, 7) is 5.29. The quantitative estimate of drug-likeness (QED) is 0.233. The number of benzene rings is 3. The van der Waals surface area contributed by atoms with Crippen LogP contribution in [-0.4, -0.2) is 12.1 Å². The van der Waals surface area contributed by atoms with E-state index in [2.05, 4.69) is 5.32 Å². The fraction of sp³-hybridized carbons (Fsp3) is 0.179. The molecule has 0 saturated carbocycles. The van der Waals surface area contributed by atoms with Gasteiger partial charge in [0, 0.05) is 5.56 Å². The number of fused-ring (bicyclic) bond motifs is 1. The third-order valence-corrected chi connectivity index (χ3v) is 5.71. The van der Waals surface area contributed by atoms with E-state index in [0.29, 0.717) is 27.7 Å². The minimum atomic E-state index is -1.12. The number of aryl methyl sites for hydroxylation is 2. The minimum absolute atomic E-state index is 0.0588. The molecule has 178 valence electrons. The van der Waals surface area contributed by atoms with Gasteiger partial charge in [-0.1, -0.05) is 60.7 Å². The third kappa shape index (κ3) is 5.41. The predicted octanol–water partition coefficient (Wildman–Crippen LogP) is 5.29. The van der Waals surface area contributed by atoms with Gasteiger partial charge in [-0.05, 0) is 55.2 Å². The van der Waals surface area contributed by atoms with E-state index < -0.39 is 23.7 Å². The van der Waals surface area contributed by atoms with E-state index in [1.807, 2.05) is 36.4 Å². The monoisotopic (exact) mass is 471 g/mol. The normalized spacial score (nSPS) is 11.6. The van der Waals surface area contributed by atoms with Crippen LogP contribution in [0.2, 0.25) is 0 Å². The fourth-order valence-corrected chi connectivity index (χ4v) is 3.74. The van der Waals surface area contributed by atoms with Crippen LogP contribution in [0.4, 0.5) is 4.79 Å². The van der Waals surface area contributed by atoms with Crippen LogP contribution in [0.3, 0.4) is 0 Å². The summed E-state index contributed by atoms with van der Waals surface area (Å²) < 4.78 is 16.5. The Morgan fingerprint density at radius 2 is 1.57 bits per heavy atom. The van der Waals surface area contributed by atoms with Crippen LogP contribution >= 0.6 is 0 Å². The topological polar surface area (TPSA) is 94.8 Å². The molecule has 7 nitrogen and oxygen atoms in total. The smallest absolute Gasteiger partial charge is 0.408 e. The molecule has 0 unspecified atom stereocenters. The molecule has 1 amide bonds. The van der Waals surface area contributed by atoms with Crippen molar-refractivity contribution in [2.75, 3.05) is 0 Å². The molecule has 1 atom stereocenters. The second kappa shape index (κ2) is 10.3. The van der Waals surface area contributed by atoms with Crippen molar-refractivity contribution >= 4 is 23.0 Å². The van der Waals surface area contributed by atoms with Gasteiger partial charge in [0.1, 0.15) is 17.9 Å². The Balaban J connectivity index is 1.62. The molecule has 0 aliphatic rings. The Morgan fingerprint density at radius 3 is 2.26 bits per heavy atom. The number of rotatable bonds is 6. The van der Waals surface area contributed by atoms with E-state index in [1.165, 1.54) is 0 Å². The summed E-state index contributed by atoms with van der Waals surface area (Å²) in [5.41, 5.74) is 3.07. The van der Waals surface area contributed by atoms with Gasteiger partial charge in [-0.15, -0.1) is 0 Å². The highest BCUT2D eigenvalue weighted by atomic mass is 16.6. The molecular weight excluding hydrogens is 446 g/mol. The highest BCUT2D eigenvalue weighted by Crippen LogP contribution is 2.32. The van der Waals surface area contributed by atoms with E-state index in [4.69, 9.17) is 13.9 Å². The average molecular weight is 472 g/mol. The molecule has 0 bridgehead atoms. The molecule has 35 heavy (non-hydrogen) atoms. The van der Waals surface area contributed by atoms with Crippen molar-refractivity contribution in [1.29, 1.82) is 0 Å². The molecule has 0 spiro atoms. The Bertz CT molecular complexity index is 1430. The maximum atomic E-state index is 13.4. The van der Waals surface area contributed by atoms with Crippen molar-refractivity contribution in [1.82, 2.24) is 5.32 Å². The number of ether oxygens (including phenoxy) is 2. The first-order chi connectivity index (χ1) is 16.8. The molecule has 1 aromatic heterocycles. The molecule has 0 radical (unpaired) electrons. The van der Waals surface area contributed by atoms with Crippen molar-refractivity contribution in [3.8, 4) is 5.75 Å². The van der Waals surface area contributed by atoms with Gasteiger partial charge in [-0.25, -0.2) is 14.4 Å². The lowest BCUT2D eigenvalue weighted by Crippen LogP contribution is -2.36. The van der Waals surface area contributed by atoms with Gasteiger partial charge >= 0.3 is 17.7 Å². The van der Waals surface area contributed by atoms with Gasteiger partial charge < -0.3 is 19.2 Å². The lowest BCUT2D eigenvalue weighted by Gasteiger charge is -2.19. The van der Waals surface area contributed by atoms with E-state index >= 15 is 0 Å². The Hall–Kier alpha value is -4.39. The number of carbonyl (C=O) groups is 2. The Morgan fingerprint density at radius 1 is 0.914 bits per heavy atom. The Labute approximate surface area is 202 Å². The standard InChI is InChI=1S/C28H25NO6/c1-17-14-22-24(18(2)19(3)26(30)34-22)23(15-17)35-27(31)25(21-12-8-5-9-13-21)29-28(32)33-16-20-10-6-4-7-11-20/h4-15,25H,16H2,1-3H3,(H,29,32)/t25-/m0/s1. The largest absolute Gasteiger partial charge is 0.445 e. The molecule has 1 heterocycles. The van der Waals surface area contributed by atoms with Crippen LogP contribution in [0.25, 0.3) is 11.0 Å². The summed E-state index contributed by atoms with van der Waals surface area (Å²) in [5, 5.41) is 3.14. The second-order valence-corrected chi connectivity index (χ2v) is 8.25. The number of esters is 1. The van der Waals surface area contributed by atoms with Gasteiger partial charge in [0.05, 0.1) is 5.39 Å². The van der Waals surface area contributed by atoms with Crippen LogP contribution in [0.1, 0.15) is 33.9 Å². The van der Waals surface area contributed by atoms with Crippen LogP contribution < -0.4 is 15.7 Å². The van der Waals surface area contributed by atoms with Crippen molar-refractivity contribution in [3.63, 3.8) is 0 Å². The van der Waals surface area contributed by atoms with E-state index in [0.717, 1.165) is 11.1 Å². The number of hydrogen-bond donors (Lipinski definition) is 1.